The van der Waals surface area contributed by atoms with Crippen LogP contribution in [0.25, 0.3) is 0 Å². The summed E-state index contributed by atoms with van der Waals surface area (Å²) in [7, 11) is 1.73. The lowest BCUT2D eigenvalue weighted by Gasteiger charge is -2.10. The fourth-order valence-corrected chi connectivity index (χ4v) is 1.90. The summed E-state index contributed by atoms with van der Waals surface area (Å²) < 4.78 is 10.7. The molecular formula is C16H27NO2. The van der Waals surface area contributed by atoms with E-state index >= 15 is 0 Å². The van der Waals surface area contributed by atoms with Gasteiger partial charge in [0.05, 0.1) is 6.61 Å². The zero-order chi connectivity index (χ0) is 13.8. The Labute approximate surface area is 117 Å². The van der Waals surface area contributed by atoms with Crippen molar-refractivity contribution in [1.82, 2.24) is 5.32 Å². The Morgan fingerprint density at radius 3 is 2.53 bits per heavy atom. The van der Waals surface area contributed by atoms with Crippen molar-refractivity contribution in [3.05, 3.63) is 35.4 Å². The van der Waals surface area contributed by atoms with Crippen molar-refractivity contribution in [3.8, 4) is 0 Å². The zero-order valence-corrected chi connectivity index (χ0v) is 12.3. The molecule has 0 saturated heterocycles. The van der Waals surface area contributed by atoms with Crippen LogP contribution in [0.1, 0.15) is 37.3 Å². The molecule has 1 aromatic carbocycles. The van der Waals surface area contributed by atoms with Crippen LogP contribution in [0, 0.1) is 0 Å². The molecule has 3 nitrogen and oxygen atoms in total. The molecule has 0 saturated carbocycles. The van der Waals surface area contributed by atoms with Crippen molar-refractivity contribution >= 4 is 0 Å². The summed E-state index contributed by atoms with van der Waals surface area (Å²) in [6.07, 6.45) is 3.43. The predicted molar refractivity (Wildman–Crippen MR) is 79.2 cm³/mol. The highest BCUT2D eigenvalue weighted by Crippen LogP contribution is 2.09. The number of benzene rings is 1. The van der Waals surface area contributed by atoms with Crippen molar-refractivity contribution in [1.29, 1.82) is 0 Å². The molecule has 1 N–H and O–H groups in total. The second-order valence-corrected chi connectivity index (χ2v) is 4.70. The van der Waals surface area contributed by atoms with E-state index in [1.807, 2.05) is 0 Å². The lowest BCUT2D eigenvalue weighted by atomic mass is 10.1. The molecule has 0 aromatic heterocycles. The second kappa shape index (κ2) is 11.0. The number of methoxy groups -OCH3 is 1. The van der Waals surface area contributed by atoms with Crippen LogP contribution < -0.4 is 5.32 Å². The molecule has 0 spiro atoms. The Morgan fingerprint density at radius 2 is 1.79 bits per heavy atom. The van der Waals surface area contributed by atoms with Gasteiger partial charge in [-0.15, -0.1) is 0 Å². The standard InChI is InChI=1S/C16H27NO2/c1-3-4-11-19-12-7-10-17-13-15-8-5-6-9-16(15)14-18-2/h5-6,8-9,17H,3-4,7,10-14H2,1-2H3. The van der Waals surface area contributed by atoms with Crippen molar-refractivity contribution in [3.63, 3.8) is 0 Å². The van der Waals surface area contributed by atoms with Gasteiger partial charge in [-0.05, 0) is 30.5 Å². The van der Waals surface area contributed by atoms with Crippen LogP contribution in [0.4, 0.5) is 0 Å². The molecule has 0 amide bonds. The van der Waals surface area contributed by atoms with Gasteiger partial charge in [0.1, 0.15) is 0 Å². The van der Waals surface area contributed by atoms with E-state index in [9.17, 15) is 0 Å². The van der Waals surface area contributed by atoms with Gasteiger partial charge in [0.2, 0.25) is 0 Å². The predicted octanol–water partition coefficient (Wildman–Crippen LogP) is 3.13. The molecule has 1 aromatic rings. The van der Waals surface area contributed by atoms with Crippen LogP contribution in [0.5, 0.6) is 0 Å². The van der Waals surface area contributed by atoms with E-state index in [2.05, 4.69) is 36.5 Å². The molecule has 0 bridgehead atoms. The van der Waals surface area contributed by atoms with Gasteiger partial charge in [0.15, 0.2) is 0 Å². The molecule has 0 atom stereocenters. The van der Waals surface area contributed by atoms with Crippen molar-refractivity contribution in [2.75, 3.05) is 26.9 Å². The largest absolute Gasteiger partial charge is 0.381 e. The summed E-state index contributed by atoms with van der Waals surface area (Å²) in [6.45, 7) is 6.50. The topological polar surface area (TPSA) is 30.5 Å². The van der Waals surface area contributed by atoms with Crippen LogP contribution in [-0.2, 0) is 22.6 Å². The van der Waals surface area contributed by atoms with E-state index < -0.39 is 0 Å². The third-order valence-corrected chi connectivity index (χ3v) is 3.02. The number of ether oxygens (including phenoxy) is 2. The molecule has 0 fully saturated rings. The fourth-order valence-electron chi connectivity index (χ4n) is 1.90. The Balaban J connectivity index is 2.12. The molecule has 3 heteroatoms. The molecule has 108 valence electrons. The van der Waals surface area contributed by atoms with Crippen molar-refractivity contribution in [2.24, 2.45) is 0 Å². The molecule has 0 aliphatic rings. The maximum absolute atomic E-state index is 5.53. The van der Waals surface area contributed by atoms with Crippen LogP contribution >= 0.6 is 0 Å². The van der Waals surface area contributed by atoms with Crippen molar-refractivity contribution < 1.29 is 9.47 Å². The second-order valence-electron chi connectivity index (χ2n) is 4.70. The minimum atomic E-state index is 0.679. The normalized spacial score (nSPS) is 10.8. The summed E-state index contributed by atoms with van der Waals surface area (Å²) in [5, 5.41) is 3.46. The smallest absolute Gasteiger partial charge is 0.0716 e. The highest BCUT2D eigenvalue weighted by molar-refractivity contribution is 5.26. The van der Waals surface area contributed by atoms with Crippen LogP contribution in [0.2, 0.25) is 0 Å². The Hall–Kier alpha value is -0.900. The van der Waals surface area contributed by atoms with Gasteiger partial charge >= 0.3 is 0 Å². The monoisotopic (exact) mass is 265 g/mol. The lowest BCUT2D eigenvalue weighted by Crippen LogP contribution is -2.17. The number of hydrogen-bond donors (Lipinski definition) is 1. The number of unbranched alkanes of at least 4 members (excludes halogenated alkanes) is 1. The van der Waals surface area contributed by atoms with E-state index in [4.69, 9.17) is 9.47 Å². The molecule has 19 heavy (non-hydrogen) atoms. The summed E-state index contributed by atoms with van der Waals surface area (Å²) in [4.78, 5) is 0. The molecular weight excluding hydrogens is 238 g/mol. The molecule has 0 aliphatic heterocycles. The van der Waals surface area contributed by atoms with Crippen molar-refractivity contribution in [2.45, 2.75) is 39.3 Å². The van der Waals surface area contributed by atoms with Gasteiger partial charge in [0, 0.05) is 26.9 Å². The van der Waals surface area contributed by atoms with Gasteiger partial charge < -0.3 is 14.8 Å². The van der Waals surface area contributed by atoms with E-state index in [1.165, 1.54) is 17.5 Å². The first-order valence-electron chi connectivity index (χ1n) is 7.22. The molecule has 0 heterocycles. The zero-order valence-electron chi connectivity index (χ0n) is 12.3. The fraction of sp³-hybridized carbons (Fsp3) is 0.625. The van der Waals surface area contributed by atoms with E-state index in [0.717, 1.165) is 39.1 Å². The Morgan fingerprint density at radius 1 is 1.05 bits per heavy atom. The minimum Gasteiger partial charge on any atom is -0.381 e. The van der Waals surface area contributed by atoms with Gasteiger partial charge in [-0.25, -0.2) is 0 Å². The SMILES string of the molecule is CCCCOCCCNCc1ccccc1COC. The summed E-state index contributed by atoms with van der Waals surface area (Å²) in [5.74, 6) is 0. The third-order valence-electron chi connectivity index (χ3n) is 3.02. The summed E-state index contributed by atoms with van der Waals surface area (Å²) >= 11 is 0. The maximum Gasteiger partial charge on any atom is 0.0716 e. The van der Waals surface area contributed by atoms with Crippen LogP contribution in [0.15, 0.2) is 24.3 Å². The lowest BCUT2D eigenvalue weighted by molar-refractivity contribution is 0.128. The highest BCUT2D eigenvalue weighted by atomic mass is 16.5. The average Bonchev–Trinajstić information content (AvgIpc) is 2.44. The Kier molecular flexibility index (Phi) is 9.33. The van der Waals surface area contributed by atoms with E-state index in [1.54, 1.807) is 7.11 Å². The molecule has 0 radical (unpaired) electrons. The van der Waals surface area contributed by atoms with Gasteiger partial charge in [0.25, 0.3) is 0 Å². The van der Waals surface area contributed by atoms with Crippen LogP contribution in [0.3, 0.4) is 0 Å². The van der Waals surface area contributed by atoms with Gasteiger partial charge in [-0.2, -0.15) is 0 Å². The maximum atomic E-state index is 5.53. The quantitative estimate of drug-likeness (QED) is 0.624. The average molecular weight is 265 g/mol. The molecule has 1 rings (SSSR count). The number of hydrogen-bond acceptors (Lipinski definition) is 3. The first-order valence-corrected chi connectivity index (χ1v) is 7.22. The highest BCUT2D eigenvalue weighted by Gasteiger charge is 2.00. The van der Waals surface area contributed by atoms with E-state index in [-0.39, 0.29) is 0 Å². The molecule has 0 unspecified atom stereocenters. The summed E-state index contributed by atoms with van der Waals surface area (Å²) in [6, 6.07) is 8.40. The van der Waals surface area contributed by atoms with Gasteiger partial charge in [-0.1, -0.05) is 37.6 Å². The number of rotatable bonds is 11. The first kappa shape index (κ1) is 16.2. The third kappa shape index (κ3) is 7.31. The number of nitrogens with one attached hydrogen (secondary N) is 1. The molecule has 0 aliphatic carbocycles. The van der Waals surface area contributed by atoms with Crippen LogP contribution in [-0.4, -0.2) is 26.9 Å². The van der Waals surface area contributed by atoms with Gasteiger partial charge in [-0.3, -0.25) is 0 Å². The summed E-state index contributed by atoms with van der Waals surface area (Å²) in [5.41, 5.74) is 2.58. The minimum absolute atomic E-state index is 0.679. The first-order chi connectivity index (χ1) is 9.38. The van der Waals surface area contributed by atoms with E-state index in [0.29, 0.717) is 6.61 Å². The Bertz CT molecular complexity index is 328.